The van der Waals surface area contributed by atoms with E-state index in [1.165, 1.54) is 12.8 Å². The maximum absolute atomic E-state index is 12.2. The molecule has 0 aliphatic carbocycles. The normalized spacial score (nSPS) is 23.8. The van der Waals surface area contributed by atoms with Crippen LogP contribution in [0.15, 0.2) is 12.5 Å². The highest BCUT2D eigenvalue weighted by Gasteiger charge is 2.22. The molecule has 1 amide bonds. The standard InChI is InChI=1S/C14H22N4O/c19-14(17-7-3-4-8-17)10-18-11-15-9-13(18)12-5-1-2-6-16-12/h9,11-12,16H,1-8,10H2. The van der Waals surface area contributed by atoms with Gasteiger partial charge in [0.15, 0.2) is 0 Å². The Morgan fingerprint density at radius 3 is 2.89 bits per heavy atom. The first-order chi connectivity index (χ1) is 9.34. The summed E-state index contributed by atoms with van der Waals surface area (Å²) in [5, 5.41) is 3.52. The van der Waals surface area contributed by atoms with E-state index in [9.17, 15) is 4.79 Å². The van der Waals surface area contributed by atoms with Gasteiger partial charge in [-0.15, -0.1) is 0 Å². The third-order valence-corrected chi connectivity index (χ3v) is 4.18. The fourth-order valence-electron chi connectivity index (χ4n) is 3.07. The minimum absolute atomic E-state index is 0.229. The largest absolute Gasteiger partial charge is 0.341 e. The molecule has 1 aromatic rings. The van der Waals surface area contributed by atoms with E-state index in [2.05, 4.69) is 10.3 Å². The van der Waals surface area contributed by atoms with Crippen LogP contribution in [0.5, 0.6) is 0 Å². The van der Waals surface area contributed by atoms with Crippen LogP contribution in [0, 0.1) is 0 Å². The number of carbonyl (C=O) groups is 1. The molecular weight excluding hydrogens is 240 g/mol. The lowest BCUT2D eigenvalue weighted by molar-refractivity contribution is -0.130. The second-order valence-electron chi connectivity index (χ2n) is 5.54. The Labute approximate surface area is 114 Å². The molecule has 1 unspecified atom stereocenters. The first kappa shape index (κ1) is 12.7. The highest BCUT2D eigenvalue weighted by Crippen LogP contribution is 2.22. The molecule has 104 valence electrons. The Balaban J connectivity index is 1.67. The van der Waals surface area contributed by atoms with Gasteiger partial charge in [-0.3, -0.25) is 4.79 Å². The van der Waals surface area contributed by atoms with Crippen molar-refractivity contribution in [3.05, 3.63) is 18.2 Å². The lowest BCUT2D eigenvalue weighted by Crippen LogP contribution is -2.33. The van der Waals surface area contributed by atoms with Crippen LogP contribution in [-0.2, 0) is 11.3 Å². The number of hydrogen-bond acceptors (Lipinski definition) is 3. The van der Waals surface area contributed by atoms with Gasteiger partial charge >= 0.3 is 0 Å². The lowest BCUT2D eigenvalue weighted by atomic mass is 10.0. The van der Waals surface area contributed by atoms with E-state index in [-0.39, 0.29) is 5.91 Å². The zero-order valence-corrected chi connectivity index (χ0v) is 11.3. The minimum Gasteiger partial charge on any atom is -0.341 e. The Morgan fingerprint density at radius 1 is 1.32 bits per heavy atom. The molecule has 2 aliphatic heterocycles. The smallest absolute Gasteiger partial charge is 0.242 e. The molecule has 1 atom stereocenters. The molecule has 3 rings (SSSR count). The van der Waals surface area contributed by atoms with Crippen LogP contribution in [0.25, 0.3) is 0 Å². The van der Waals surface area contributed by atoms with Crippen molar-refractivity contribution in [1.29, 1.82) is 0 Å². The number of piperidine rings is 1. The van der Waals surface area contributed by atoms with E-state index in [0.29, 0.717) is 12.6 Å². The van der Waals surface area contributed by atoms with Gasteiger partial charge in [0.2, 0.25) is 5.91 Å². The molecular formula is C14H22N4O. The van der Waals surface area contributed by atoms with Crippen LogP contribution in [0.1, 0.15) is 43.8 Å². The molecule has 0 saturated carbocycles. The Kier molecular flexibility index (Phi) is 3.82. The second kappa shape index (κ2) is 5.74. The van der Waals surface area contributed by atoms with Crippen molar-refractivity contribution in [2.24, 2.45) is 0 Å². The van der Waals surface area contributed by atoms with E-state index in [1.807, 2.05) is 15.7 Å². The number of nitrogens with one attached hydrogen (secondary N) is 1. The Morgan fingerprint density at radius 2 is 2.16 bits per heavy atom. The third-order valence-electron chi connectivity index (χ3n) is 4.18. The number of likely N-dealkylation sites (tertiary alicyclic amines) is 1. The average molecular weight is 262 g/mol. The van der Waals surface area contributed by atoms with Gasteiger partial charge in [-0.05, 0) is 32.2 Å². The van der Waals surface area contributed by atoms with Crippen molar-refractivity contribution < 1.29 is 4.79 Å². The van der Waals surface area contributed by atoms with E-state index < -0.39 is 0 Å². The summed E-state index contributed by atoms with van der Waals surface area (Å²) in [6, 6.07) is 0.364. The van der Waals surface area contributed by atoms with E-state index in [1.54, 1.807) is 6.33 Å². The second-order valence-corrected chi connectivity index (χ2v) is 5.54. The Hall–Kier alpha value is -1.36. The quantitative estimate of drug-likeness (QED) is 0.894. The van der Waals surface area contributed by atoms with Crippen molar-refractivity contribution in [3.8, 4) is 0 Å². The molecule has 2 fully saturated rings. The summed E-state index contributed by atoms with van der Waals surface area (Å²) in [7, 11) is 0. The topological polar surface area (TPSA) is 50.2 Å². The molecule has 1 aromatic heterocycles. The number of aromatic nitrogens is 2. The average Bonchev–Trinajstić information content (AvgIpc) is 3.11. The van der Waals surface area contributed by atoms with Gasteiger partial charge in [0.1, 0.15) is 6.54 Å². The van der Waals surface area contributed by atoms with Gasteiger partial charge in [-0.25, -0.2) is 4.98 Å². The third kappa shape index (κ3) is 2.81. The number of nitrogens with zero attached hydrogens (tertiary/aromatic N) is 3. The monoisotopic (exact) mass is 262 g/mol. The van der Waals surface area contributed by atoms with Crippen LogP contribution < -0.4 is 5.32 Å². The van der Waals surface area contributed by atoms with Crippen LogP contribution in [-0.4, -0.2) is 40.0 Å². The summed E-state index contributed by atoms with van der Waals surface area (Å²) < 4.78 is 2.02. The molecule has 0 spiro atoms. The molecule has 3 heterocycles. The predicted molar refractivity (Wildman–Crippen MR) is 72.6 cm³/mol. The predicted octanol–water partition coefficient (Wildman–Crippen LogP) is 1.32. The summed E-state index contributed by atoms with van der Waals surface area (Å²) in [5.74, 6) is 0.229. The van der Waals surface area contributed by atoms with Crippen LogP contribution in [0.2, 0.25) is 0 Å². The van der Waals surface area contributed by atoms with Crippen molar-refractivity contribution in [2.45, 2.75) is 44.7 Å². The summed E-state index contributed by atoms with van der Waals surface area (Å²) >= 11 is 0. The fraction of sp³-hybridized carbons (Fsp3) is 0.714. The zero-order chi connectivity index (χ0) is 13.1. The summed E-state index contributed by atoms with van der Waals surface area (Å²) in [4.78, 5) is 18.4. The first-order valence-corrected chi connectivity index (χ1v) is 7.36. The molecule has 0 aromatic carbocycles. The van der Waals surface area contributed by atoms with Crippen molar-refractivity contribution in [1.82, 2.24) is 19.8 Å². The first-order valence-electron chi connectivity index (χ1n) is 7.36. The van der Waals surface area contributed by atoms with Gasteiger partial charge in [0.05, 0.1) is 12.0 Å². The molecule has 2 saturated heterocycles. The number of amides is 1. The van der Waals surface area contributed by atoms with Crippen molar-refractivity contribution in [3.63, 3.8) is 0 Å². The van der Waals surface area contributed by atoms with Gasteiger partial charge in [-0.2, -0.15) is 0 Å². The SMILES string of the molecule is O=C(Cn1cncc1C1CCCCN1)N1CCCC1. The van der Waals surface area contributed by atoms with E-state index >= 15 is 0 Å². The Bertz CT molecular complexity index is 430. The molecule has 19 heavy (non-hydrogen) atoms. The number of imidazole rings is 1. The van der Waals surface area contributed by atoms with E-state index in [0.717, 1.165) is 44.6 Å². The van der Waals surface area contributed by atoms with Crippen molar-refractivity contribution in [2.75, 3.05) is 19.6 Å². The zero-order valence-electron chi connectivity index (χ0n) is 11.3. The van der Waals surface area contributed by atoms with Gasteiger partial charge in [0, 0.05) is 25.3 Å². The minimum atomic E-state index is 0.229. The molecule has 1 N–H and O–H groups in total. The number of hydrogen-bond donors (Lipinski definition) is 1. The highest BCUT2D eigenvalue weighted by atomic mass is 16.2. The highest BCUT2D eigenvalue weighted by molar-refractivity contribution is 5.76. The van der Waals surface area contributed by atoms with Crippen LogP contribution >= 0.6 is 0 Å². The number of rotatable bonds is 3. The summed E-state index contributed by atoms with van der Waals surface area (Å²) in [6.45, 7) is 3.35. The summed E-state index contributed by atoms with van der Waals surface area (Å²) in [6.07, 6.45) is 9.63. The van der Waals surface area contributed by atoms with Gasteiger partial charge < -0.3 is 14.8 Å². The maximum Gasteiger partial charge on any atom is 0.242 e. The number of carbonyl (C=O) groups excluding carboxylic acids is 1. The fourth-order valence-corrected chi connectivity index (χ4v) is 3.07. The maximum atomic E-state index is 12.2. The van der Waals surface area contributed by atoms with E-state index in [4.69, 9.17) is 0 Å². The summed E-state index contributed by atoms with van der Waals surface area (Å²) in [5.41, 5.74) is 1.16. The van der Waals surface area contributed by atoms with Gasteiger partial charge in [-0.1, -0.05) is 6.42 Å². The molecule has 0 bridgehead atoms. The lowest BCUT2D eigenvalue weighted by Gasteiger charge is -2.25. The molecule has 0 radical (unpaired) electrons. The van der Waals surface area contributed by atoms with Crippen LogP contribution in [0.4, 0.5) is 0 Å². The van der Waals surface area contributed by atoms with Crippen LogP contribution in [0.3, 0.4) is 0 Å². The molecule has 5 nitrogen and oxygen atoms in total. The molecule has 2 aliphatic rings. The molecule has 5 heteroatoms. The van der Waals surface area contributed by atoms with Gasteiger partial charge in [0.25, 0.3) is 0 Å². The van der Waals surface area contributed by atoms with Crippen molar-refractivity contribution >= 4 is 5.91 Å².